The van der Waals surface area contributed by atoms with Gasteiger partial charge in [-0.3, -0.25) is 0 Å². The van der Waals surface area contributed by atoms with Crippen LogP contribution in [0.1, 0.15) is 5.56 Å². The summed E-state index contributed by atoms with van der Waals surface area (Å²) in [7, 11) is -3.85. The number of benzene rings is 2. The molecule has 0 saturated carbocycles. The molecule has 4 N–H and O–H groups in total. The first-order valence-corrected chi connectivity index (χ1v) is 12.4. The van der Waals surface area contributed by atoms with Crippen LogP contribution in [0.25, 0.3) is 11.4 Å². The van der Waals surface area contributed by atoms with Gasteiger partial charge >= 0.3 is 6.03 Å². The zero-order valence-electron chi connectivity index (χ0n) is 18.6. The molecule has 2 heterocycles. The maximum absolute atomic E-state index is 14.8. The molecule has 3 aromatic rings. The van der Waals surface area contributed by atoms with Gasteiger partial charge in [-0.25, -0.2) is 32.7 Å². The van der Waals surface area contributed by atoms with E-state index in [1.54, 1.807) is 6.07 Å². The third-order valence-electron chi connectivity index (χ3n) is 5.29. The molecule has 4 rings (SSSR count). The molecule has 2 amide bonds. The molecular weight excluding hydrogens is 499 g/mol. The number of nitrogens with two attached hydrogens (primary N) is 1. The number of carbonyl (C=O) groups is 1. The van der Waals surface area contributed by atoms with Crippen LogP contribution in [0.5, 0.6) is 0 Å². The van der Waals surface area contributed by atoms with Gasteiger partial charge in [0.2, 0.25) is 10.0 Å². The Labute approximate surface area is 206 Å². The Bertz CT molecular complexity index is 1370. The van der Waals surface area contributed by atoms with Crippen LogP contribution in [0.15, 0.2) is 47.4 Å². The molecule has 1 fully saturated rings. The molecule has 10 nitrogen and oxygen atoms in total. The third-order valence-corrected chi connectivity index (χ3v) is 6.58. The van der Waals surface area contributed by atoms with E-state index >= 15 is 0 Å². The van der Waals surface area contributed by atoms with E-state index in [0.29, 0.717) is 43.4 Å². The van der Waals surface area contributed by atoms with Crippen molar-refractivity contribution in [2.45, 2.75) is 11.8 Å². The second-order valence-electron chi connectivity index (χ2n) is 7.73. The number of morpholine rings is 1. The molecule has 1 aliphatic rings. The SMILES string of the molecule is Cc1c(Cl)nc(-c2ccc(NC(=O)Nc3ccc(S(N)(=O)=O)cc3)c(F)c2)nc1N1CCOCC1. The van der Waals surface area contributed by atoms with Crippen molar-refractivity contribution in [2.75, 3.05) is 41.8 Å². The van der Waals surface area contributed by atoms with Gasteiger partial charge in [0.1, 0.15) is 16.8 Å². The number of primary sulfonamides is 1. The monoisotopic (exact) mass is 520 g/mol. The van der Waals surface area contributed by atoms with Crippen LogP contribution in [0.2, 0.25) is 5.15 Å². The summed E-state index contributed by atoms with van der Waals surface area (Å²) in [5.74, 6) is 0.223. The summed E-state index contributed by atoms with van der Waals surface area (Å²) in [6, 6.07) is 8.68. The number of hydrogen-bond acceptors (Lipinski definition) is 7. The largest absolute Gasteiger partial charge is 0.378 e. The molecule has 1 saturated heterocycles. The highest BCUT2D eigenvalue weighted by atomic mass is 35.5. The Hall–Kier alpha value is -3.32. The second-order valence-corrected chi connectivity index (χ2v) is 9.65. The van der Waals surface area contributed by atoms with Gasteiger partial charge in [-0.15, -0.1) is 0 Å². The fourth-order valence-corrected chi connectivity index (χ4v) is 4.14. The molecule has 0 spiro atoms. The van der Waals surface area contributed by atoms with E-state index in [-0.39, 0.29) is 21.6 Å². The molecule has 1 aliphatic heterocycles. The topological polar surface area (TPSA) is 140 Å². The van der Waals surface area contributed by atoms with Crippen molar-refractivity contribution in [3.63, 3.8) is 0 Å². The third kappa shape index (κ3) is 5.85. The van der Waals surface area contributed by atoms with E-state index in [9.17, 15) is 17.6 Å². The van der Waals surface area contributed by atoms with Crippen molar-refractivity contribution < 1.29 is 22.3 Å². The molecule has 0 unspecified atom stereocenters. The summed E-state index contributed by atoms with van der Waals surface area (Å²) in [6.07, 6.45) is 0. The number of halogens is 2. The van der Waals surface area contributed by atoms with Gasteiger partial charge in [0, 0.05) is 29.9 Å². The number of hydrogen-bond donors (Lipinski definition) is 3. The fraction of sp³-hybridized carbons (Fsp3) is 0.227. The maximum atomic E-state index is 14.8. The smallest absolute Gasteiger partial charge is 0.323 e. The van der Waals surface area contributed by atoms with Crippen LogP contribution >= 0.6 is 11.6 Å². The number of sulfonamides is 1. The Morgan fingerprint density at radius 2 is 1.80 bits per heavy atom. The van der Waals surface area contributed by atoms with E-state index in [1.165, 1.54) is 36.4 Å². The number of aromatic nitrogens is 2. The number of ether oxygens (including phenoxy) is 1. The number of rotatable bonds is 5. The molecule has 184 valence electrons. The van der Waals surface area contributed by atoms with E-state index in [2.05, 4.69) is 20.6 Å². The normalized spacial score (nSPS) is 14.0. The maximum Gasteiger partial charge on any atom is 0.323 e. The van der Waals surface area contributed by atoms with Gasteiger partial charge < -0.3 is 20.3 Å². The van der Waals surface area contributed by atoms with Gasteiger partial charge in [0.05, 0.1) is 23.8 Å². The van der Waals surface area contributed by atoms with E-state index in [4.69, 9.17) is 21.5 Å². The Morgan fingerprint density at radius 3 is 2.43 bits per heavy atom. The Balaban J connectivity index is 1.50. The summed E-state index contributed by atoms with van der Waals surface area (Å²) in [5, 5.41) is 10.2. The summed E-state index contributed by atoms with van der Waals surface area (Å²) in [5.41, 5.74) is 1.34. The molecule has 0 bridgehead atoms. The van der Waals surface area contributed by atoms with Crippen LogP contribution in [-0.2, 0) is 14.8 Å². The molecule has 0 radical (unpaired) electrons. The van der Waals surface area contributed by atoms with Gasteiger partial charge in [-0.05, 0) is 49.4 Å². The van der Waals surface area contributed by atoms with Crippen LogP contribution < -0.4 is 20.7 Å². The number of carbonyl (C=O) groups excluding carboxylic acids is 1. The zero-order valence-corrected chi connectivity index (χ0v) is 20.2. The number of nitrogens with one attached hydrogen (secondary N) is 2. The molecule has 35 heavy (non-hydrogen) atoms. The van der Waals surface area contributed by atoms with Crippen LogP contribution in [0.3, 0.4) is 0 Å². The molecule has 13 heteroatoms. The van der Waals surface area contributed by atoms with E-state index in [0.717, 1.165) is 5.56 Å². The van der Waals surface area contributed by atoms with Gasteiger partial charge in [-0.1, -0.05) is 11.6 Å². The molecule has 1 aromatic heterocycles. The predicted octanol–water partition coefficient (Wildman–Crippen LogP) is 3.37. The lowest BCUT2D eigenvalue weighted by Crippen LogP contribution is -2.37. The average Bonchev–Trinajstić information content (AvgIpc) is 2.82. The van der Waals surface area contributed by atoms with Crippen LogP contribution in [-0.4, -0.2) is 50.7 Å². The zero-order chi connectivity index (χ0) is 25.2. The first-order chi connectivity index (χ1) is 16.6. The highest BCUT2D eigenvalue weighted by Crippen LogP contribution is 2.29. The fourth-order valence-electron chi connectivity index (χ4n) is 3.46. The lowest BCUT2D eigenvalue weighted by Gasteiger charge is -2.29. The van der Waals surface area contributed by atoms with Crippen LogP contribution in [0, 0.1) is 12.7 Å². The number of nitrogens with zero attached hydrogens (tertiary/aromatic N) is 3. The summed E-state index contributed by atoms with van der Waals surface area (Å²) >= 11 is 6.33. The predicted molar refractivity (Wildman–Crippen MR) is 131 cm³/mol. The first kappa shape index (κ1) is 24.8. The summed E-state index contributed by atoms with van der Waals surface area (Å²) in [6.45, 7) is 4.29. The van der Waals surface area contributed by atoms with Crippen molar-refractivity contribution in [2.24, 2.45) is 5.14 Å². The quantitative estimate of drug-likeness (QED) is 0.438. The van der Waals surface area contributed by atoms with Crippen molar-refractivity contribution in [1.82, 2.24) is 9.97 Å². The minimum absolute atomic E-state index is 0.0704. The minimum Gasteiger partial charge on any atom is -0.378 e. The van der Waals surface area contributed by atoms with Gasteiger partial charge in [0.25, 0.3) is 0 Å². The second kappa shape index (κ2) is 10.1. The lowest BCUT2D eigenvalue weighted by molar-refractivity contribution is 0.122. The molecular formula is C22H22ClFN6O4S. The highest BCUT2D eigenvalue weighted by molar-refractivity contribution is 7.89. The number of urea groups is 1. The molecule has 0 atom stereocenters. The van der Waals surface area contributed by atoms with Crippen LogP contribution in [0.4, 0.5) is 26.4 Å². The summed E-state index contributed by atoms with van der Waals surface area (Å²) in [4.78, 5) is 23.1. The molecule has 2 aromatic carbocycles. The number of amides is 2. The van der Waals surface area contributed by atoms with Crippen molar-refractivity contribution in [3.8, 4) is 11.4 Å². The lowest BCUT2D eigenvalue weighted by atomic mass is 10.1. The first-order valence-electron chi connectivity index (χ1n) is 10.5. The molecule has 0 aliphatic carbocycles. The van der Waals surface area contributed by atoms with Gasteiger partial charge in [0.15, 0.2) is 5.82 Å². The Kier molecular flexibility index (Phi) is 7.17. The van der Waals surface area contributed by atoms with E-state index in [1.807, 2.05) is 11.8 Å². The van der Waals surface area contributed by atoms with Gasteiger partial charge in [-0.2, -0.15) is 0 Å². The Morgan fingerprint density at radius 1 is 1.11 bits per heavy atom. The van der Waals surface area contributed by atoms with Crippen molar-refractivity contribution >= 4 is 44.8 Å². The average molecular weight is 521 g/mol. The minimum atomic E-state index is -3.85. The number of anilines is 3. The van der Waals surface area contributed by atoms with E-state index < -0.39 is 21.9 Å². The standard InChI is InChI=1S/C22H22ClFN6O4S/c1-13-19(23)28-20(29-21(13)30-8-10-34-11-9-30)14-2-7-18(17(24)12-14)27-22(31)26-15-3-5-16(6-4-15)35(25,32)33/h2-7,12H,8-11H2,1H3,(H2,25,32,33)(H2,26,27,31). The highest BCUT2D eigenvalue weighted by Gasteiger charge is 2.20. The summed E-state index contributed by atoms with van der Waals surface area (Å²) < 4.78 is 42.8. The van der Waals surface area contributed by atoms with Crippen molar-refractivity contribution in [1.29, 1.82) is 0 Å². The van der Waals surface area contributed by atoms with Crippen molar-refractivity contribution in [3.05, 3.63) is 59.0 Å².